The van der Waals surface area contributed by atoms with Crippen LogP contribution in [0.2, 0.25) is 0 Å². The summed E-state index contributed by atoms with van der Waals surface area (Å²) in [5, 5.41) is 14.4. The Bertz CT molecular complexity index is 309. The molecular formula is C14H28N2O3S. The minimum Gasteiger partial charge on any atom is -0.481 e. The molecule has 0 aromatic heterocycles. The van der Waals surface area contributed by atoms with Crippen LogP contribution in [0, 0.1) is 5.41 Å². The van der Waals surface area contributed by atoms with Crippen molar-refractivity contribution in [3.05, 3.63) is 0 Å². The fourth-order valence-electron chi connectivity index (χ4n) is 1.70. The molecule has 0 heterocycles. The monoisotopic (exact) mass is 304 g/mol. The summed E-state index contributed by atoms with van der Waals surface area (Å²) in [6.45, 7) is 8.69. The lowest BCUT2D eigenvalue weighted by atomic mass is 9.84. The molecule has 0 spiro atoms. The molecule has 0 aromatic carbocycles. The maximum atomic E-state index is 11.6. The van der Waals surface area contributed by atoms with Gasteiger partial charge in [0.05, 0.1) is 0 Å². The number of amides is 2. The summed E-state index contributed by atoms with van der Waals surface area (Å²) in [6.07, 6.45) is 1.56. The fourth-order valence-corrected chi connectivity index (χ4v) is 2.37. The average Bonchev–Trinajstić information content (AvgIpc) is 2.33. The van der Waals surface area contributed by atoms with Crippen LogP contribution in [-0.2, 0) is 4.79 Å². The van der Waals surface area contributed by atoms with Crippen molar-refractivity contribution in [3.8, 4) is 0 Å². The number of carbonyl (C=O) groups is 2. The largest absolute Gasteiger partial charge is 0.481 e. The molecule has 0 saturated heterocycles. The fraction of sp³-hybridized carbons (Fsp3) is 0.857. The number of nitrogens with one attached hydrogen (secondary N) is 2. The van der Waals surface area contributed by atoms with Gasteiger partial charge in [-0.15, -0.1) is 0 Å². The van der Waals surface area contributed by atoms with Gasteiger partial charge < -0.3 is 15.7 Å². The molecule has 20 heavy (non-hydrogen) atoms. The molecule has 0 aliphatic heterocycles. The van der Waals surface area contributed by atoms with Crippen molar-refractivity contribution in [1.82, 2.24) is 10.6 Å². The molecular weight excluding hydrogens is 276 g/mol. The molecule has 1 atom stereocenters. The second kappa shape index (κ2) is 9.91. The predicted octanol–water partition coefficient (Wildman–Crippen LogP) is 2.71. The molecule has 2 amide bonds. The van der Waals surface area contributed by atoms with E-state index in [2.05, 4.69) is 17.6 Å². The summed E-state index contributed by atoms with van der Waals surface area (Å²) in [7, 11) is 0. The summed E-state index contributed by atoms with van der Waals surface area (Å²) < 4.78 is 0. The number of hydrogen-bond donors (Lipinski definition) is 3. The highest BCUT2D eigenvalue weighted by atomic mass is 32.2. The number of thioether (sulfide) groups is 1. The standard InChI is InChI=1S/C14H28N2O3S/c1-5-20-10-11(2)16-13(19)15-9-8-14(3,4)7-6-12(17)18/h11H,5-10H2,1-4H3,(H,17,18)(H2,15,16,19). The van der Waals surface area contributed by atoms with Crippen molar-refractivity contribution in [2.75, 3.05) is 18.1 Å². The van der Waals surface area contributed by atoms with Gasteiger partial charge in [0, 0.05) is 24.8 Å². The average molecular weight is 304 g/mol. The van der Waals surface area contributed by atoms with Crippen molar-refractivity contribution in [1.29, 1.82) is 0 Å². The van der Waals surface area contributed by atoms with Crippen LogP contribution in [0.15, 0.2) is 0 Å². The zero-order valence-corrected chi connectivity index (χ0v) is 13.8. The van der Waals surface area contributed by atoms with Crippen molar-refractivity contribution >= 4 is 23.8 Å². The first-order valence-electron chi connectivity index (χ1n) is 7.10. The maximum Gasteiger partial charge on any atom is 0.315 e. The lowest BCUT2D eigenvalue weighted by Gasteiger charge is -2.24. The molecule has 3 N–H and O–H groups in total. The molecule has 0 aliphatic rings. The molecule has 0 rings (SSSR count). The molecule has 0 fully saturated rings. The second-order valence-corrected chi connectivity index (χ2v) is 7.09. The highest BCUT2D eigenvalue weighted by Crippen LogP contribution is 2.25. The van der Waals surface area contributed by atoms with E-state index in [1.807, 2.05) is 20.8 Å². The number of carboxylic acid groups (broad SMARTS) is 1. The number of rotatable bonds is 10. The predicted molar refractivity (Wildman–Crippen MR) is 84.3 cm³/mol. The smallest absolute Gasteiger partial charge is 0.315 e. The van der Waals surface area contributed by atoms with E-state index in [0.717, 1.165) is 17.9 Å². The second-order valence-electron chi connectivity index (χ2n) is 5.77. The normalized spacial score (nSPS) is 12.8. The van der Waals surface area contributed by atoms with Gasteiger partial charge in [0.1, 0.15) is 0 Å². The Morgan fingerprint density at radius 2 is 1.95 bits per heavy atom. The van der Waals surface area contributed by atoms with Crippen LogP contribution in [0.4, 0.5) is 4.79 Å². The molecule has 0 aromatic rings. The molecule has 0 saturated carbocycles. The van der Waals surface area contributed by atoms with Crippen LogP contribution in [-0.4, -0.2) is 41.2 Å². The number of aliphatic carboxylic acids is 1. The Hall–Kier alpha value is -0.910. The zero-order valence-electron chi connectivity index (χ0n) is 13.0. The van der Waals surface area contributed by atoms with E-state index in [9.17, 15) is 9.59 Å². The van der Waals surface area contributed by atoms with Crippen LogP contribution < -0.4 is 10.6 Å². The van der Waals surface area contributed by atoms with Gasteiger partial charge >= 0.3 is 12.0 Å². The highest BCUT2D eigenvalue weighted by molar-refractivity contribution is 7.99. The van der Waals surface area contributed by atoms with E-state index < -0.39 is 5.97 Å². The number of carboxylic acids is 1. The Kier molecular flexibility index (Phi) is 9.46. The van der Waals surface area contributed by atoms with Crippen LogP contribution in [0.25, 0.3) is 0 Å². The van der Waals surface area contributed by atoms with Gasteiger partial charge in [-0.05, 0) is 30.9 Å². The van der Waals surface area contributed by atoms with E-state index in [4.69, 9.17) is 5.11 Å². The number of carbonyl (C=O) groups excluding carboxylic acids is 1. The zero-order chi connectivity index (χ0) is 15.6. The minimum atomic E-state index is -0.772. The first kappa shape index (κ1) is 19.1. The molecule has 0 aliphatic carbocycles. The van der Waals surface area contributed by atoms with Gasteiger partial charge in [-0.1, -0.05) is 20.8 Å². The van der Waals surface area contributed by atoms with E-state index in [1.165, 1.54) is 0 Å². The first-order valence-corrected chi connectivity index (χ1v) is 8.26. The van der Waals surface area contributed by atoms with E-state index >= 15 is 0 Å². The van der Waals surface area contributed by atoms with Gasteiger partial charge in [-0.3, -0.25) is 4.79 Å². The molecule has 0 bridgehead atoms. The van der Waals surface area contributed by atoms with Crippen LogP contribution in [0.5, 0.6) is 0 Å². The molecule has 6 heteroatoms. The molecule has 0 radical (unpaired) electrons. The third-order valence-electron chi connectivity index (χ3n) is 3.05. The minimum absolute atomic E-state index is 0.0741. The van der Waals surface area contributed by atoms with Crippen molar-refractivity contribution in [2.24, 2.45) is 5.41 Å². The maximum absolute atomic E-state index is 11.6. The van der Waals surface area contributed by atoms with E-state index in [0.29, 0.717) is 13.0 Å². The van der Waals surface area contributed by atoms with Crippen molar-refractivity contribution in [3.63, 3.8) is 0 Å². The van der Waals surface area contributed by atoms with E-state index in [-0.39, 0.29) is 23.9 Å². The topological polar surface area (TPSA) is 78.4 Å². The van der Waals surface area contributed by atoms with Crippen molar-refractivity contribution < 1.29 is 14.7 Å². The van der Waals surface area contributed by atoms with Crippen molar-refractivity contribution in [2.45, 2.75) is 53.0 Å². The molecule has 118 valence electrons. The molecule has 1 unspecified atom stereocenters. The Morgan fingerprint density at radius 3 is 2.50 bits per heavy atom. The lowest BCUT2D eigenvalue weighted by molar-refractivity contribution is -0.137. The Balaban J connectivity index is 3.81. The Labute approximate surface area is 126 Å². The van der Waals surface area contributed by atoms with Gasteiger partial charge in [0.2, 0.25) is 0 Å². The third-order valence-corrected chi connectivity index (χ3v) is 4.20. The number of urea groups is 1. The first-order chi connectivity index (χ1) is 9.26. The lowest BCUT2D eigenvalue weighted by Crippen LogP contribution is -2.42. The quantitative estimate of drug-likeness (QED) is 0.580. The van der Waals surface area contributed by atoms with Gasteiger partial charge in [-0.25, -0.2) is 4.79 Å². The summed E-state index contributed by atoms with van der Waals surface area (Å²) in [5.41, 5.74) is -0.0741. The van der Waals surface area contributed by atoms with Gasteiger partial charge in [0.15, 0.2) is 0 Å². The van der Waals surface area contributed by atoms with Crippen LogP contribution >= 0.6 is 11.8 Å². The summed E-state index contributed by atoms with van der Waals surface area (Å²) >= 11 is 1.80. The SMILES string of the molecule is CCSCC(C)NC(=O)NCCC(C)(C)CCC(=O)O. The summed E-state index contributed by atoms with van der Waals surface area (Å²) in [4.78, 5) is 22.2. The molecule has 5 nitrogen and oxygen atoms in total. The Morgan fingerprint density at radius 1 is 1.30 bits per heavy atom. The van der Waals surface area contributed by atoms with Gasteiger partial charge in [-0.2, -0.15) is 11.8 Å². The number of hydrogen-bond acceptors (Lipinski definition) is 3. The van der Waals surface area contributed by atoms with Gasteiger partial charge in [0.25, 0.3) is 0 Å². The van der Waals surface area contributed by atoms with E-state index in [1.54, 1.807) is 11.8 Å². The highest BCUT2D eigenvalue weighted by Gasteiger charge is 2.19. The van der Waals surface area contributed by atoms with Crippen LogP contribution in [0.3, 0.4) is 0 Å². The summed E-state index contributed by atoms with van der Waals surface area (Å²) in [5.74, 6) is 1.19. The van der Waals surface area contributed by atoms with Crippen LogP contribution in [0.1, 0.15) is 47.0 Å². The third kappa shape index (κ3) is 11.0. The summed E-state index contributed by atoms with van der Waals surface area (Å²) in [6, 6.07) is 0.00297.